The fourth-order valence-corrected chi connectivity index (χ4v) is 3.71. The van der Waals surface area contributed by atoms with Gasteiger partial charge >= 0.3 is 6.03 Å². The first-order valence-electron chi connectivity index (χ1n) is 7.93. The molecule has 5 nitrogen and oxygen atoms in total. The van der Waals surface area contributed by atoms with Crippen LogP contribution in [-0.2, 0) is 22.1 Å². The number of ether oxygens (including phenoxy) is 1. The summed E-state index contributed by atoms with van der Waals surface area (Å²) in [5.74, 6) is 0.526. The van der Waals surface area contributed by atoms with E-state index in [1.54, 1.807) is 4.90 Å². The summed E-state index contributed by atoms with van der Waals surface area (Å²) in [6.07, 6.45) is 0.136. The monoisotopic (exact) mass is 338 g/mol. The second-order valence-electron chi connectivity index (χ2n) is 6.68. The summed E-state index contributed by atoms with van der Waals surface area (Å²) in [4.78, 5) is 14.3. The van der Waals surface area contributed by atoms with Crippen molar-refractivity contribution >= 4 is 22.5 Å². The van der Waals surface area contributed by atoms with Gasteiger partial charge in [0.05, 0.1) is 17.5 Å². The fraction of sp³-hybridized carbons (Fsp3) is 0.588. The van der Waals surface area contributed by atoms with Crippen LogP contribution in [0.25, 0.3) is 0 Å². The van der Waals surface area contributed by atoms with Crippen molar-refractivity contribution in [3.63, 3.8) is 0 Å². The van der Waals surface area contributed by atoms with Crippen LogP contribution in [0.3, 0.4) is 0 Å². The minimum absolute atomic E-state index is 0.136. The van der Waals surface area contributed by atoms with E-state index >= 15 is 0 Å². The van der Waals surface area contributed by atoms with Gasteiger partial charge in [0, 0.05) is 40.9 Å². The molecule has 0 aromatic heterocycles. The molecule has 128 valence electrons. The van der Waals surface area contributed by atoms with E-state index in [1.165, 1.54) is 0 Å². The quantitative estimate of drug-likeness (QED) is 0.918. The number of nitrogens with one attached hydrogen (secondary N) is 1. The van der Waals surface area contributed by atoms with E-state index in [0.29, 0.717) is 25.4 Å². The average Bonchev–Trinajstić information content (AvgIpc) is 2.49. The van der Waals surface area contributed by atoms with E-state index < -0.39 is 10.8 Å². The molecule has 0 bridgehead atoms. The van der Waals surface area contributed by atoms with Crippen LogP contribution in [-0.4, -0.2) is 44.8 Å². The van der Waals surface area contributed by atoms with E-state index in [-0.39, 0.29) is 16.9 Å². The van der Waals surface area contributed by atoms with Gasteiger partial charge in [-0.05, 0) is 33.8 Å². The van der Waals surface area contributed by atoms with Gasteiger partial charge in [0.15, 0.2) is 0 Å². The maximum atomic E-state index is 12.5. The number of rotatable bonds is 4. The van der Waals surface area contributed by atoms with Crippen molar-refractivity contribution in [3.05, 3.63) is 29.8 Å². The Labute approximate surface area is 140 Å². The number of nitrogens with zero attached hydrogens (tertiary/aromatic N) is 1. The van der Waals surface area contributed by atoms with E-state index in [4.69, 9.17) is 4.74 Å². The van der Waals surface area contributed by atoms with Gasteiger partial charge in [0.25, 0.3) is 0 Å². The standard InChI is InChI=1S/C17H26N2O3S/c1-13(2)22-11-14-7-5-6-8-15(14)18-16(20)19-9-10-23(21)17(3,4)12-19/h5-8,13H,9-12H2,1-4H3,(H,18,20). The topological polar surface area (TPSA) is 58.6 Å². The molecule has 0 radical (unpaired) electrons. The van der Waals surface area contributed by atoms with Crippen LogP contribution in [0.2, 0.25) is 0 Å². The second-order valence-corrected chi connectivity index (χ2v) is 8.88. The van der Waals surface area contributed by atoms with E-state index in [2.05, 4.69) is 5.32 Å². The number of anilines is 1. The van der Waals surface area contributed by atoms with Crippen molar-refractivity contribution in [1.29, 1.82) is 0 Å². The lowest BCUT2D eigenvalue weighted by Crippen LogP contribution is -2.53. The zero-order valence-corrected chi connectivity index (χ0v) is 15.1. The Morgan fingerprint density at radius 3 is 2.74 bits per heavy atom. The lowest BCUT2D eigenvalue weighted by Gasteiger charge is -2.37. The molecule has 2 amide bonds. The number of carbonyl (C=O) groups excluding carboxylic acids is 1. The first-order chi connectivity index (χ1) is 10.8. The van der Waals surface area contributed by atoms with E-state index in [0.717, 1.165) is 11.3 Å². The average molecular weight is 338 g/mol. The molecule has 1 unspecified atom stereocenters. The number of carbonyl (C=O) groups is 1. The maximum Gasteiger partial charge on any atom is 0.321 e. The fourth-order valence-electron chi connectivity index (χ4n) is 2.47. The molecule has 23 heavy (non-hydrogen) atoms. The summed E-state index contributed by atoms with van der Waals surface area (Å²) in [5, 5.41) is 2.96. The third kappa shape index (κ3) is 4.78. The van der Waals surface area contributed by atoms with Crippen molar-refractivity contribution in [1.82, 2.24) is 4.90 Å². The summed E-state index contributed by atoms with van der Waals surface area (Å²) < 4.78 is 17.3. The highest BCUT2D eigenvalue weighted by atomic mass is 32.2. The Morgan fingerprint density at radius 1 is 1.39 bits per heavy atom. The zero-order valence-electron chi connectivity index (χ0n) is 14.3. The third-order valence-electron chi connectivity index (χ3n) is 3.85. The first-order valence-corrected chi connectivity index (χ1v) is 9.25. The summed E-state index contributed by atoms with van der Waals surface area (Å²) in [6.45, 7) is 9.32. The molecule has 1 heterocycles. The van der Waals surface area contributed by atoms with E-state index in [9.17, 15) is 9.00 Å². The molecular formula is C17H26N2O3S. The van der Waals surface area contributed by atoms with Gasteiger partial charge in [-0.3, -0.25) is 4.21 Å². The Balaban J connectivity index is 2.04. The number of para-hydroxylation sites is 1. The minimum Gasteiger partial charge on any atom is -0.374 e. The second kappa shape index (κ2) is 7.45. The van der Waals surface area contributed by atoms with Gasteiger partial charge in [-0.2, -0.15) is 0 Å². The number of hydrogen-bond donors (Lipinski definition) is 1. The molecule has 1 aromatic carbocycles. The predicted molar refractivity (Wildman–Crippen MR) is 94.0 cm³/mol. The Bertz CT molecular complexity index is 587. The van der Waals surface area contributed by atoms with Crippen LogP contribution in [0, 0.1) is 0 Å². The Morgan fingerprint density at radius 2 is 2.09 bits per heavy atom. The lowest BCUT2D eigenvalue weighted by atomic mass is 10.2. The SMILES string of the molecule is CC(C)OCc1ccccc1NC(=O)N1CCS(=O)C(C)(C)C1. The molecule has 1 fully saturated rings. The lowest BCUT2D eigenvalue weighted by molar-refractivity contribution is 0.0660. The largest absolute Gasteiger partial charge is 0.374 e. The number of amides is 2. The Kier molecular flexibility index (Phi) is 5.81. The summed E-state index contributed by atoms with van der Waals surface area (Å²) in [7, 11) is -0.889. The summed E-state index contributed by atoms with van der Waals surface area (Å²) in [6, 6.07) is 7.51. The van der Waals surface area contributed by atoms with Crippen LogP contribution < -0.4 is 5.32 Å². The van der Waals surface area contributed by atoms with Crippen LogP contribution in [0.4, 0.5) is 10.5 Å². The van der Waals surface area contributed by atoms with E-state index in [1.807, 2.05) is 52.0 Å². The molecule has 2 rings (SSSR count). The van der Waals surface area contributed by atoms with Crippen LogP contribution in [0.1, 0.15) is 33.3 Å². The van der Waals surface area contributed by atoms with Crippen LogP contribution >= 0.6 is 0 Å². The molecule has 1 atom stereocenters. The molecular weight excluding hydrogens is 312 g/mol. The van der Waals surface area contributed by atoms with Crippen molar-refractivity contribution in [2.75, 3.05) is 24.2 Å². The van der Waals surface area contributed by atoms with Gasteiger partial charge in [0.2, 0.25) is 0 Å². The van der Waals surface area contributed by atoms with Gasteiger partial charge in [-0.1, -0.05) is 18.2 Å². The Hall–Kier alpha value is -1.40. The predicted octanol–water partition coefficient (Wildman–Crippen LogP) is 2.99. The first kappa shape index (κ1) is 17.9. The van der Waals surface area contributed by atoms with Gasteiger partial charge in [-0.15, -0.1) is 0 Å². The number of urea groups is 1. The highest BCUT2D eigenvalue weighted by molar-refractivity contribution is 7.86. The smallest absolute Gasteiger partial charge is 0.321 e. The molecule has 0 saturated carbocycles. The number of hydrogen-bond acceptors (Lipinski definition) is 3. The van der Waals surface area contributed by atoms with Crippen molar-refractivity contribution in [2.45, 2.75) is 45.2 Å². The molecule has 1 aliphatic heterocycles. The summed E-state index contributed by atoms with van der Waals surface area (Å²) >= 11 is 0. The van der Waals surface area contributed by atoms with Crippen LogP contribution in [0.5, 0.6) is 0 Å². The van der Waals surface area contributed by atoms with Gasteiger partial charge in [-0.25, -0.2) is 4.79 Å². The number of benzene rings is 1. The minimum atomic E-state index is -0.889. The molecule has 1 aromatic rings. The van der Waals surface area contributed by atoms with Gasteiger partial charge < -0.3 is 15.0 Å². The normalized spacial score (nSPS) is 20.6. The molecule has 0 aliphatic carbocycles. The van der Waals surface area contributed by atoms with Gasteiger partial charge in [0.1, 0.15) is 0 Å². The highest BCUT2D eigenvalue weighted by Gasteiger charge is 2.35. The molecule has 1 saturated heterocycles. The maximum absolute atomic E-state index is 12.5. The van der Waals surface area contributed by atoms with Crippen molar-refractivity contribution in [3.8, 4) is 0 Å². The molecule has 0 spiro atoms. The summed E-state index contributed by atoms with van der Waals surface area (Å²) in [5.41, 5.74) is 1.72. The highest BCUT2D eigenvalue weighted by Crippen LogP contribution is 2.22. The molecule has 1 N–H and O–H groups in total. The third-order valence-corrected chi connectivity index (χ3v) is 5.77. The van der Waals surface area contributed by atoms with Crippen molar-refractivity contribution in [2.24, 2.45) is 0 Å². The zero-order chi connectivity index (χ0) is 17.0. The van der Waals surface area contributed by atoms with Crippen LogP contribution in [0.15, 0.2) is 24.3 Å². The molecule has 1 aliphatic rings. The molecule has 6 heteroatoms. The van der Waals surface area contributed by atoms with Crippen molar-refractivity contribution < 1.29 is 13.7 Å².